The number of allylic oxidation sites excluding steroid dienone is 2. The molecule has 19 heavy (non-hydrogen) atoms. The minimum absolute atomic E-state index is 0.302. The van der Waals surface area contributed by atoms with Gasteiger partial charge in [0.15, 0.2) is 0 Å². The van der Waals surface area contributed by atoms with Gasteiger partial charge in [0.2, 0.25) is 0 Å². The molecular weight excluding hydrogens is 227 g/mol. The fourth-order valence-electron chi connectivity index (χ4n) is 3.03. The van der Waals surface area contributed by atoms with Crippen molar-refractivity contribution in [2.45, 2.75) is 25.5 Å². The minimum atomic E-state index is 0.302. The molecule has 2 atom stereocenters. The van der Waals surface area contributed by atoms with Gasteiger partial charge in [-0.1, -0.05) is 0 Å². The third-order valence-electron chi connectivity index (χ3n) is 3.94. The van der Waals surface area contributed by atoms with E-state index in [0.29, 0.717) is 11.7 Å². The third kappa shape index (κ3) is 1.94. The zero-order valence-corrected chi connectivity index (χ0v) is 11.4. The molecule has 2 unspecified atom stereocenters. The molecule has 0 bridgehead atoms. The van der Waals surface area contributed by atoms with Crippen LogP contribution in [0.25, 0.3) is 0 Å². The van der Waals surface area contributed by atoms with E-state index in [0.717, 1.165) is 5.49 Å². The number of fused-ring (bicyclic) bond motifs is 1. The molecule has 0 saturated carbocycles. The van der Waals surface area contributed by atoms with E-state index in [1.165, 1.54) is 16.8 Å². The summed E-state index contributed by atoms with van der Waals surface area (Å²) in [5.41, 5.74) is 5.08. The summed E-state index contributed by atoms with van der Waals surface area (Å²) in [5.74, 6) is 0.325. The van der Waals surface area contributed by atoms with Gasteiger partial charge in [-0.15, -0.1) is 0 Å². The fraction of sp³-hybridized carbons (Fsp3) is 0.267. The van der Waals surface area contributed by atoms with Gasteiger partial charge >= 0.3 is 117 Å². The number of hydrogen-bond donors (Lipinski definition) is 0. The summed E-state index contributed by atoms with van der Waals surface area (Å²) < 4.78 is 0. The van der Waals surface area contributed by atoms with Crippen molar-refractivity contribution in [3.05, 3.63) is 59.3 Å². The quantitative estimate of drug-likeness (QED) is 0.679. The van der Waals surface area contributed by atoms with Gasteiger partial charge in [0, 0.05) is 0 Å². The Kier molecular flexibility index (Phi) is 3.26. The normalized spacial score (nSPS) is 29.5. The molecule has 2 saturated heterocycles. The Morgan fingerprint density at radius 3 is 2.53 bits per heavy atom. The summed E-state index contributed by atoms with van der Waals surface area (Å²) in [5, 5.41) is 0. The van der Waals surface area contributed by atoms with Gasteiger partial charge in [-0.05, 0) is 0 Å². The van der Waals surface area contributed by atoms with Crippen molar-refractivity contribution in [3.63, 3.8) is 0 Å². The van der Waals surface area contributed by atoms with Crippen LogP contribution in [-0.4, -0.2) is 38.4 Å². The number of rotatable bonds is 1. The monoisotopic (exact) mass is 242 g/mol. The van der Waals surface area contributed by atoms with Gasteiger partial charge in [-0.2, -0.15) is 0 Å². The molecular formula is C15H15B3N. The average molecular weight is 242 g/mol. The van der Waals surface area contributed by atoms with Gasteiger partial charge in [0.05, 0.1) is 0 Å². The van der Waals surface area contributed by atoms with Gasteiger partial charge in [-0.3, -0.25) is 0 Å². The predicted octanol–water partition coefficient (Wildman–Crippen LogP) is 1.85. The van der Waals surface area contributed by atoms with Crippen molar-refractivity contribution < 1.29 is 0 Å². The molecule has 89 valence electrons. The van der Waals surface area contributed by atoms with Gasteiger partial charge in [-0.25, -0.2) is 0 Å². The summed E-state index contributed by atoms with van der Waals surface area (Å²) in [7, 11) is 10.7. The van der Waals surface area contributed by atoms with Crippen LogP contribution >= 0.6 is 0 Å². The van der Waals surface area contributed by atoms with Crippen molar-refractivity contribution in [3.8, 4) is 0 Å². The molecule has 1 aromatic rings. The Bertz CT molecular complexity index is 562. The Balaban J connectivity index is 1.88. The molecule has 0 N–H and O–H groups in total. The summed E-state index contributed by atoms with van der Waals surface area (Å²) in [6.07, 6.45) is 4.32. The Labute approximate surface area is 117 Å². The van der Waals surface area contributed by atoms with E-state index in [2.05, 4.69) is 69.7 Å². The van der Waals surface area contributed by atoms with E-state index in [1.54, 1.807) is 0 Å². The number of benzene rings is 1. The first kappa shape index (κ1) is 12.6. The van der Waals surface area contributed by atoms with Crippen LogP contribution in [0.5, 0.6) is 0 Å². The van der Waals surface area contributed by atoms with Crippen LogP contribution in [0, 0.1) is 0 Å². The molecule has 2 heterocycles. The Hall–Kier alpha value is -1.44. The first-order chi connectivity index (χ1) is 9.26. The molecule has 2 aliphatic rings. The molecule has 2 aliphatic heterocycles. The summed E-state index contributed by atoms with van der Waals surface area (Å²) >= 11 is 0. The van der Waals surface area contributed by atoms with Crippen LogP contribution in [0.3, 0.4) is 0 Å². The van der Waals surface area contributed by atoms with Crippen molar-refractivity contribution >= 4 is 27.5 Å². The second-order valence-corrected chi connectivity index (χ2v) is 4.95. The molecule has 3 rings (SSSR count). The predicted molar refractivity (Wildman–Crippen MR) is 84.6 cm³/mol. The average Bonchev–Trinajstić information content (AvgIpc) is 2.42. The summed E-state index contributed by atoms with van der Waals surface area (Å²) in [6.45, 7) is 4.15. The molecule has 3 radical (unpaired) electrons. The standard InChI is InChI=1S/C15H15B3N/c1-3-11-12(4-2)19-14(11)17-13(18-15(19)16)10-8-6-5-7-9-10/h3-9,13-14H,1-2H3/b11-3+,12-4+. The molecule has 0 aromatic heterocycles. The SMILES string of the molecule is [B]=C1[B]C(c2ccccc2)[B]C2C(=C/C)/C(=C\C)N12. The summed E-state index contributed by atoms with van der Waals surface area (Å²) in [6, 6.07) is 10.5. The van der Waals surface area contributed by atoms with Gasteiger partial charge in [0.1, 0.15) is 0 Å². The Morgan fingerprint density at radius 2 is 1.89 bits per heavy atom. The molecule has 0 aliphatic carbocycles. The van der Waals surface area contributed by atoms with E-state index in [1.807, 2.05) is 6.07 Å². The first-order valence-corrected chi connectivity index (χ1v) is 6.75. The Morgan fingerprint density at radius 1 is 1.16 bits per heavy atom. The van der Waals surface area contributed by atoms with Crippen LogP contribution in [0.15, 0.2) is 53.8 Å². The molecule has 0 spiro atoms. The second-order valence-electron chi connectivity index (χ2n) is 4.95. The van der Waals surface area contributed by atoms with E-state index in [4.69, 9.17) is 7.49 Å². The van der Waals surface area contributed by atoms with Gasteiger partial charge < -0.3 is 0 Å². The second kappa shape index (κ2) is 4.92. The molecule has 4 heteroatoms. The molecule has 0 amide bonds. The van der Waals surface area contributed by atoms with E-state index >= 15 is 0 Å². The van der Waals surface area contributed by atoms with Crippen molar-refractivity contribution in [2.75, 3.05) is 0 Å². The van der Waals surface area contributed by atoms with Crippen LogP contribution in [0.2, 0.25) is 0 Å². The van der Waals surface area contributed by atoms with E-state index < -0.39 is 0 Å². The van der Waals surface area contributed by atoms with Crippen LogP contribution in [-0.2, 0) is 0 Å². The van der Waals surface area contributed by atoms with Crippen molar-refractivity contribution in [2.24, 2.45) is 0 Å². The fourth-order valence-corrected chi connectivity index (χ4v) is 3.03. The van der Waals surface area contributed by atoms with Crippen molar-refractivity contribution in [1.82, 2.24) is 4.90 Å². The van der Waals surface area contributed by atoms with Crippen LogP contribution in [0.1, 0.15) is 25.1 Å². The zero-order valence-electron chi connectivity index (χ0n) is 11.4. The number of nitrogens with zero attached hydrogens (tertiary/aromatic N) is 1. The van der Waals surface area contributed by atoms with Crippen molar-refractivity contribution in [1.29, 1.82) is 0 Å². The molecule has 1 aromatic carbocycles. The maximum absolute atomic E-state index is 6.23. The van der Waals surface area contributed by atoms with Crippen LogP contribution in [0.4, 0.5) is 0 Å². The number of hydrogen-bond acceptors (Lipinski definition) is 1. The molecule has 1 nitrogen and oxygen atoms in total. The zero-order chi connectivity index (χ0) is 13.4. The van der Waals surface area contributed by atoms with E-state index in [-0.39, 0.29) is 0 Å². The molecule has 2 fully saturated rings. The first-order valence-electron chi connectivity index (χ1n) is 6.75. The topological polar surface area (TPSA) is 3.24 Å². The summed E-state index contributed by atoms with van der Waals surface area (Å²) in [4.78, 5) is 2.20. The van der Waals surface area contributed by atoms with Crippen LogP contribution < -0.4 is 0 Å². The van der Waals surface area contributed by atoms with Gasteiger partial charge in [0.25, 0.3) is 0 Å². The maximum atomic E-state index is 6.23. The third-order valence-corrected chi connectivity index (χ3v) is 3.94. The van der Waals surface area contributed by atoms with E-state index in [9.17, 15) is 0 Å².